The number of hydrogen-bond donors (Lipinski definition) is 1. The lowest BCUT2D eigenvalue weighted by Crippen LogP contribution is -2.03. The summed E-state index contributed by atoms with van der Waals surface area (Å²) >= 11 is 5.68. The van der Waals surface area contributed by atoms with E-state index in [1.807, 2.05) is 16.8 Å². The van der Waals surface area contributed by atoms with Crippen LogP contribution in [0.2, 0.25) is 0 Å². The molecular weight excluding hydrogens is 344 g/mol. The Morgan fingerprint density at radius 3 is 2.73 bits per heavy atom. The van der Waals surface area contributed by atoms with Crippen LogP contribution in [0.5, 0.6) is 5.75 Å². The van der Waals surface area contributed by atoms with Crippen molar-refractivity contribution in [3.05, 3.63) is 64.2 Å². The Kier molecular flexibility index (Phi) is 6.17. The molecule has 0 radical (unpaired) electrons. The van der Waals surface area contributed by atoms with E-state index in [1.165, 1.54) is 11.1 Å². The van der Waals surface area contributed by atoms with Crippen molar-refractivity contribution >= 4 is 12.2 Å². The molecule has 0 aliphatic heterocycles. The number of rotatable bonds is 8. The lowest BCUT2D eigenvalue weighted by Gasteiger charge is -2.14. The molecule has 3 aromatic rings. The molecule has 136 valence electrons. The van der Waals surface area contributed by atoms with Crippen LogP contribution in [0.15, 0.2) is 42.7 Å². The smallest absolute Gasteiger partial charge is 0.157 e. The third-order valence-electron chi connectivity index (χ3n) is 4.46. The van der Waals surface area contributed by atoms with E-state index in [0.29, 0.717) is 0 Å². The fourth-order valence-electron chi connectivity index (χ4n) is 3.10. The highest BCUT2D eigenvalue weighted by Crippen LogP contribution is 2.25. The van der Waals surface area contributed by atoms with Crippen LogP contribution in [0.3, 0.4) is 0 Å². The van der Waals surface area contributed by atoms with Crippen molar-refractivity contribution in [2.45, 2.75) is 39.0 Å². The van der Waals surface area contributed by atoms with Crippen LogP contribution in [0.25, 0.3) is 5.69 Å². The van der Waals surface area contributed by atoms with Gasteiger partial charge < -0.3 is 9.30 Å². The van der Waals surface area contributed by atoms with Gasteiger partial charge in [0.05, 0.1) is 19.0 Å². The minimum Gasteiger partial charge on any atom is -0.493 e. The second-order valence-corrected chi connectivity index (χ2v) is 6.80. The molecule has 1 aromatic carbocycles. The summed E-state index contributed by atoms with van der Waals surface area (Å²) in [6.07, 6.45) is 9.08. The van der Waals surface area contributed by atoms with E-state index in [1.54, 1.807) is 13.3 Å². The van der Waals surface area contributed by atoms with Gasteiger partial charge in [-0.15, -0.1) is 0 Å². The maximum absolute atomic E-state index is 5.68. The number of ether oxygens (including phenoxy) is 1. The predicted octanol–water partition coefficient (Wildman–Crippen LogP) is 4.60. The first-order valence-corrected chi connectivity index (χ1v) is 9.30. The Balaban J connectivity index is 1.66. The van der Waals surface area contributed by atoms with Gasteiger partial charge in [0.1, 0.15) is 0 Å². The topological polar surface area (TPSA) is 55.7 Å². The number of aromatic nitrogens is 4. The van der Waals surface area contributed by atoms with Gasteiger partial charge in [0, 0.05) is 11.9 Å². The number of H-pyrrole nitrogens is 1. The van der Waals surface area contributed by atoms with Crippen molar-refractivity contribution in [2.75, 3.05) is 7.11 Å². The van der Waals surface area contributed by atoms with Crippen molar-refractivity contribution < 1.29 is 4.74 Å². The van der Waals surface area contributed by atoms with Crippen LogP contribution in [-0.2, 0) is 12.8 Å². The van der Waals surface area contributed by atoms with Gasteiger partial charge in [-0.2, -0.15) is 15.4 Å². The Bertz CT molecular complexity index is 902. The molecule has 5 nitrogen and oxygen atoms in total. The molecular formula is C20H24N4OS. The summed E-state index contributed by atoms with van der Waals surface area (Å²) < 4.78 is 8.37. The summed E-state index contributed by atoms with van der Waals surface area (Å²) in [6, 6.07) is 10.4. The van der Waals surface area contributed by atoms with Crippen molar-refractivity contribution in [1.82, 2.24) is 20.0 Å². The number of unbranched alkanes of at least 4 members (excludes halogenated alkanes) is 2. The first-order chi connectivity index (χ1) is 12.7. The number of methoxy groups -OCH3 is 1. The molecule has 1 N–H and O–H groups in total. The summed E-state index contributed by atoms with van der Waals surface area (Å²) in [5.41, 5.74) is 4.46. The predicted molar refractivity (Wildman–Crippen MR) is 106 cm³/mol. The fraction of sp³-hybridized carbons (Fsp3) is 0.350. The van der Waals surface area contributed by atoms with Crippen molar-refractivity contribution in [2.24, 2.45) is 0 Å². The molecule has 3 rings (SSSR count). The zero-order valence-corrected chi connectivity index (χ0v) is 16.1. The monoisotopic (exact) mass is 368 g/mol. The normalized spacial score (nSPS) is 10.8. The summed E-state index contributed by atoms with van der Waals surface area (Å²) in [5, 5.41) is 10.6. The highest BCUT2D eigenvalue weighted by Gasteiger charge is 2.09. The summed E-state index contributed by atoms with van der Waals surface area (Å²) in [7, 11) is 1.69. The highest BCUT2D eigenvalue weighted by molar-refractivity contribution is 7.71. The lowest BCUT2D eigenvalue weighted by molar-refractivity contribution is 0.403. The minimum absolute atomic E-state index is 0.721. The number of aryl methyl sites for hydroxylation is 3. The van der Waals surface area contributed by atoms with Crippen LogP contribution in [0.4, 0.5) is 0 Å². The largest absolute Gasteiger partial charge is 0.493 e. The summed E-state index contributed by atoms with van der Waals surface area (Å²) in [4.78, 5) is 0. The van der Waals surface area contributed by atoms with E-state index in [4.69, 9.17) is 17.0 Å². The van der Waals surface area contributed by atoms with E-state index >= 15 is 0 Å². The molecule has 0 unspecified atom stereocenters. The number of nitrogens with zero attached hydrogens (tertiary/aromatic N) is 3. The van der Waals surface area contributed by atoms with Gasteiger partial charge in [0.15, 0.2) is 10.4 Å². The number of aromatic amines is 1. The second kappa shape index (κ2) is 8.76. The van der Waals surface area contributed by atoms with Crippen LogP contribution < -0.4 is 4.74 Å². The first-order valence-electron chi connectivity index (χ1n) is 8.89. The van der Waals surface area contributed by atoms with Crippen molar-refractivity contribution in [3.63, 3.8) is 0 Å². The lowest BCUT2D eigenvalue weighted by atomic mass is 10.1. The first kappa shape index (κ1) is 18.3. The van der Waals surface area contributed by atoms with E-state index in [2.05, 4.69) is 46.6 Å². The molecule has 0 amide bonds. The van der Waals surface area contributed by atoms with Crippen molar-refractivity contribution in [3.8, 4) is 11.4 Å². The number of hydrogen-bond acceptors (Lipinski definition) is 4. The fourth-order valence-corrected chi connectivity index (χ4v) is 3.48. The summed E-state index contributed by atoms with van der Waals surface area (Å²) in [5.74, 6) is 0.806. The Labute approximate surface area is 159 Å². The van der Waals surface area contributed by atoms with Gasteiger partial charge in [-0.05, 0) is 61.9 Å². The van der Waals surface area contributed by atoms with Crippen LogP contribution in [0, 0.1) is 11.6 Å². The molecule has 0 aliphatic carbocycles. The minimum atomic E-state index is 0.721. The molecule has 0 fully saturated rings. The van der Waals surface area contributed by atoms with Gasteiger partial charge in [-0.25, -0.2) is 0 Å². The maximum Gasteiger partial charge on any atom is 0.157 e. The number of nitrogens with one attached hydrogen (secondary N) is 1. The molecule has 26 heavy (non-hydrogen) atoms. The third kappa shape index (κ3) is 4.38. The van der Waals surface area contributed by atoms with Gasteiger partial charge in [-0.1, -0.05) is 30.8 Å². The average molecular weight is 369 g/mol. The Morgan fingerprint density at radius 2 is 2.00 bits per heavy atom. The van der Waals surface area contributed by atoms with E-state index in [0.717, 1.165) is 53.9 Å². The third-order valence-corrected chi connectivity index (χ3v) is 4.84. The van der Waals surface area contributed by atoms with E-state index in [9.17, 15) is 0 Å². The molecule has 2 heterocycles. The van der Waals surface area contributed by atoms with Crippen LogP contribution >= 0.6 is 12.2 Å². The zero-order chi connectivity index (χ0) is 18.4. The van der Waals surface area contributed by atoms with Gasteiger partial charge in [0.25, 0.3) is 0 Å². The number of pyridine rings is 1. The SMILES string of the molecule is COc1c(CCCCCc2cn[nH]n2)ccn(-c2cccc(C)c2)c1=S. The molecule has 0 atom stereocenters. The highest BCUT2D eigenvalue weighted by atomic mass is 32.1. The van der Waals surface area contributed by atoms with Gasteiger partial charge in [-0.3, -0.25) is 0 Å². The van der Waals surface area contributed by atoms with E-state index in [-0.39, 0.29) is 0 Å². The van der Waals surface area contributed by atoms with Gasteiger partial charge >= 0.3 is 0 Å². The average Bonchev–Trinajstić information content (AvgIpc) is 3.15. The Hall–Kier alpha value is -2.47. The van der Waals surface area contributed by atoms with Crippen molar-refractivity contribution in [1.29, 1.82) is 0 Å². The van der Waals surface area contributed by atoms with Crippen LogP contribution in [-0.4, -0.2) is 27.1 Å². The molecule has 0 saturated heterocycles. The molecule has 0 bridgehead atoms. The summed E-state index contributed by atoms with van der Waals surface area (Å²) in [6.45, 7) is 2.08. The molecule has 0 spiro atoms. The zero-order valence-electron chi connectivity index (χ0n) is 15.2. The molecule has 0 aliphatic rings. The molecule has 2 aromatic heterocycles. The van der Waals surface area contributed by atoms with Gasteiger partial charge in [0.2, 0.25) is 0 Å². The number of benzene rings is 1. The Morgan fingerprint density at radius 1 is 1.15 bits per heavy atom. The maximum atomic E-state index is 5.68. The quantitative estimate of drug-likeness (QED) is 0.466. The standard InChI is InChI=1S/C20H24N4OS/c1-15-7-6-10-18(13-15)24-12-11-16(19(25-2)20(24)26)8-4-3-5-9-17-14-21-23-22-17/h6-7,10-14H,3-5,8-9H2,1-2H3,(H,21,22,23). The molecule has 0 saturated carbocycles. The van der Waals surface area contributed by atoms with E-state index < -0.39 is 0 Å². The second-order valence-electron chi connectivity index (χ2n) is 6.41. The van der Waals surface area contributed by atoms with Crippen LogP contribution in [0.1, 0.15) is 36.1 Å². The molecule has 6 heteroatoms.